The zero-order chi connectivity index (χ0) is 14.8. The summed E-state index contributed by atoms with van der Waals surface area (Å²) in [6.07, 6.45) is 1.78. The standard InChI is InChI=1S/C17H16N2O2/c1-11(13-7-15(20)9-16(21)8-13)19-14-6-12-4-2-3-5-17(12)18-10-14/h2-11,19-21H,1H3. The number of hydrogen-bond donors (Lipinski definition) is 3. The zero-order valence-corrected chi connectivity index (χ0v) is 11.6. The maximum Gasteiger partial charge on any atom is 0.119 e. The number of benzene rings is 2. The van der Waals surface area contributed by atoms with E-state index in [9.17, 15) is 10.2 Å². The van der Waals surface area contributed by atoms with Crippen LogP contribution in [-0.2, 0) is 0 Å². The van der Waals surface area contributed by atoms with Gasteiger partial charge in [0.25, 0.3) is 0 Å². The number of rotatable bonds is 3. The van der Waals surface area contributed by atoms with Crippen molar-refractivity contribution in [1.82, 2.24) is 4.98 Å². The second kappa shape index (κ2) is 5.32. The van der Waals surface area contributed by atoms with Crippen LogP contribution < -0.4 is 5.32 Å². The van der Waals surface area contributed by atoms with Crippen molar-refractivity contribution in [3.8, 4) is 11.5 Å². The molecule has 0 radical (unpaired) electrons. The van der Waals surface area contributed by atoms with Crippen LogP contribution >= 0.6 is 0 Å². The molecule has 3 N–H and O–H groups in total. The highest BCUT2D eigenvalue weighted by atomic mass is 16.3. The summed E-state index contributed by atoms with van der Waals surface area (Å²) < 4.78 is 0. The van der Waals surface area contributed by atoms with Crippen LogP contribution in [0.15, 0.2) is 54.7 Å². The number of fused-ring (bicyclic) bond motifs is 1. The van der Waals surface area contributed by atoms with Crippen molar-refractivity contribution >= 4 is 16.6 Å². The third kappa shape index (κ3) is 2.89. The normalized spacial score (nSPS) is 12.2. The minimum Gasteiger partial charge on any atom is -0.508 e. The minimum atomic E-state index is -0.0639. The first-order valence-electron chi connectivity index (χ1n) is 6.76. The fourth-order valence-corrected chi connectivity index (χ4v) is 2.35. The number of aromatic hydroxyl groups is 2. The van der Waals surface area contributed by atoms with Crippen molar-refractivity contribution in [2.45, 2.75) is 13.0 Å². The van der Waals surface area contributed by atoms with Crippen LogP contribution in [0.5, 0.6) is 11.5 Å². The SMILES string of the molecule is CC(Nc1cnc2ccccc2c1)c1cc(O)cc(O)c1. The molecule has 0 spiro atoms. The van der Waals surface area contributed by atoms with Gasteiger partial charge in [-0.15, -0.1) is 0 Å². The first kappa shape index (κ1) is 13.2. The molecule has 0 fully saturated rings. The fraction of sp³-hybridized carbons (Fsp3) is 0.118. The Morgan fingerprint density at radius 1 is 1.00 bits per heavy atom. The largest absolute Gasteiger partial charge is 0.508 e. The van der Waals surface area contributed by atoms with Crippen molar-refractivity contribution in [3.05, 3.63) is 60.3 Å². The molecular formula is C17H16N2O2. The average Bonchev–Trinajstić information content (AvgIpc) is 2.46. The van der Waals surface area contributed by atoms with Crippen LogP contribution in [0.1, 0.15) is 18.5 Å². The predicted molar refractivity (Wildman–Crippen MR) is 83.6 cm³/mol. The Bertz CT molecular complexity index is 766. The minimum absolute atomic E-state index is 0.0512. The van der Waals surface area contributed by atoms with Crippen molar-refractivity contribution < 1.29 is 10.2 Å². The predicted octanol–water partition coefficient (Wildman–Crippen LogP) is 3.82. The van der Waals surface area contributed by atoms with Crippen LogP contribution in [0.2, 0.25) is 0 Å². The summed E-state index contributed by atoms with van der Waals surface area (Å²) >= 11 is 0. The summed E-state index contributed by atoms with van der Waals surface area (Å²) in [5.74, 6) is 0.102. The molecular weight excluding hydrogens is 264 g/mol. The third-order valence-corrected chi connectivity index (χ3v) is 3.40. The summed E-state index contributed by atoms with van der Waals surface area (Å²) in [5, 5.41) is 23.5. The fourth-order valence-electron chi connectivity index (χ4n) is 2.35. The maximum absolute atomic E-state index is 9.55. The van der Waals surface area contributed by atoms with Gasteiger partial charge in [0.1, 0.15) is 11.5 Å². The Hall–Kier alpha value is -2.75. The lowest BCUT2D eigenvalue weighted by atomic mass is 10.1. The highest BCUT2D eigenvalue weighted by molar-refractivity contribution is 5.81. The van der Waals surface area contributed by atoms with E-state index < -0.39 is 0 Å². The number of para-hydroxylation sites is 1. The first-order chi connectivity index (χ1) is 10.1. The number of nitrogens with one attached hydrogen (secondary N) is 1. The molecule has 0 aliphatic heterocycles. The molecule has 3 aromatic rings. The Balaban J connectivity index is 1.86. The molecule has 0 aliphatic rings. The molecule has 1 aromatic heterocycles. The van der Waals surface area contributed by atoms with Gasteiger partial charge in [0, 0.05) is 17.5 Å². The smallest absolute Gasteiger partial charge is 0.119 e. The molecule has 0 saturated heterocycles. The quantitative estimate of drug-likeness (QED) is 0.682. The molecule has 1 heterocycles. The number of anilines is 1. The molecule has 4 nitrogen and oxygen atoms in total. The monoisotopic (exact) mass is 280 g/mol. The Labute approximate surface area is 122 Å². The molecule has 1 atom stereocenters. The van der Waals surface area contributed by atoms with E-state index in [1.165, 1.54) is 6.07 Å². The molecule has 0 bridgehead atoms. The Morgan fingerprint density at radius 2 is 1.71 bits per heavy atom. The number of hydrogen-bond acceptors (Lipinski definition) is 4. The van der Waals surface area contributed by atoms with Crippen molar-refractivity contribution in [1.29, 1.82) is 0 Å². The second-order valence-corrected chi connectivity index (χ2v) is 5.07. The first-order valence-corrected chi connectivity index (χ1v) is 6.76. The van der Waals surface area contributed by atoms with Gasteiger partial charge in [-0.1, -0.05) is 18.2 Å². The number of pyridine rings is 1. The van der Waals surface area contributed by atoms with Gasteiger partial charge in [-0.25, -0.2) is 0 Å². The Kier molecular flexibility index (Phi) is 3.36. The van der Waals surface area contributed by atoms with Gasteiger partial charge >= 0.3 is 0 Å². The van der Waals surface area contributed by atoms with Gasteiger partial charge in [0.2, 0.25) is 0 Å². The summed E-state index contributed by atoms with van der Waals surface area (Å²) in [6.45, 7) is 1.96. The van der Waals surface area contributed by atoms with E-state index in [0.29, 0.717) is 0 Å². The van der Waals surface area contributed by atoms with Crippen LogP contribution in [0, 0.1) is 0 Å². The van der Waals surface area contributed by atoms with Gasteiger partial charge in [0.05, 0.1) is 17.4 Å². The van der Waals surface area contributed by atoms with Crippen molar-refractivity contribution in [2.24, 2.45) is 0 Å². The van der Waals surface area contributed by atoms with E-state index >= 15 is 0 Å². The topological polar surface area (TPSA) is 65.4 Å². The molecule has 0 aliphatic carbocycles. The molecule has 1 unspecified atom stereocenters. The van der Waals surface area contributed by atoms with Crippen molar-refractivity contribution in [3.63, 3.8) is 0 Å². The molecule has 21 heavy (non-hydrogen) atoms. The number of nitrogens with zero attached hydrogens (tertiary/aromatic N) is 1. The second-order valence-electron chi connectivity index (χ2n) is 5.07. The Morgan fingerprint density at radius 3 is 2.48 bits per heavy atom. The van der Waals surface area contributed by atoms with E-state index in [-0.39, 0.29) is 17.5 Å². The van der Waals surface area contributed by atoms with Crippen LogP contribution in [0.4, 0.5) is 5.69 Å². The summed E-state index contributed by atoms with van der Waals surface area (Å²) in [6, 6.07) is 14.5. The lowest BCUT2D eigenvalue weighted by Gasteiger charge is -2.16. The van der Waals surface area contributed by atoms with Crippen LogP contribution in [0.3, 0.4) is 0 Å². The molecule has 4 heteroatoms. The van der Waals surface area contributed by atoms with E-state index in [0.717, 1.165) is 22.2 Å². The maximum atomic E-state index is 9.55. The summed E-state index contributed by atoms with van der Waals surface area (Å²) in [7, 11) is 0. The highest BCUT2D eigenvalue weighted by Gasteiger charge is 2.08. The molecule has 106 valence electrons. The zero-order valence-electron chi connectivity index (χ0n) is 11.6. The van der Waals surface area contributed by atoms with Gasteiger partial charge in [-0.3, -0.25) is 4.98 Å². The highest BCUT2D eigenvalue weighted by Crippen LogP contribution is 2.27. The molecule has 3 rings (SSSR count). The molecule has 0 saturated carbocycles. The summed E-state index contributed by atoms with van der Waals surface area (Å²) in [4.78, 5) is 4.40. The average molecular weight is 280 g/mol. The lowest BCUT2D eigenvalue weighted by molar-refractivity contribution is 0.448. The van der Waals surface area contributed by atoms with Gasteiger partial charge in [0.15, 0.2) is 0 Å². The lowest BCUT2D eigenvalue weighted by Crippen LogP contribution is -2.06. The number of phenols is 2. The molecule has 2 aromatic carbocycles. The van der Waals surface area contributed by atoms with Gasteiger partial charge in [-0.05, 0) is 36.8 Å². The van der Waals surface area contributed by atoms with Gasteiger partial charge in [-0.2, -0.15) is 0 Å². The third-order valence-electron chi connectivity index (χ3n) is 3.40. The van der Waals surface area contributed by atoms with Crippen LogP contribution in [0.25, 0.3) is 10.9 Å². The van der Waals surface area contributed by atoms with E-state index in [1.54, 1.807) is 18.3 Å². The van der Waals surface area contributed by atoms with Crippen LogP contribution in [-0.4, -0.2) is 15.2 Å². The number of phenolic OH excluding ortho intramolecular Hbond substituents is 2. The van der Waals surface area contributed by atoms with Crippen molar-refractivity contribution in [2.75, 3.05) is 5.32 Å². The molecule has 0 amide bonds. The van der Waals surface area contributed by atoms with Gasteiger partial charge < -0.3 is 15.5 Å². The van der Waals surface area contributed by atoms with E-state index in [2.05, 4.69) is 10.3 Å². The van der Waals surface area contributed by atoms with E-state index in [1.807, 2.05) is 37.3 Å². The summed E-state index contributed by atoms with van der Waals surface area (Å²) in [5.41, 5.74) is 2.65. The van der Waals surface area contributed by atoms with E-state index in [4.69, 9.17) is 0 Å². The number of aromatic nitrogens is 1.